The van der Waals surface area contributed by atoms with Gasteiger partial charge in [-0.3, -0.25) is 0 Å². The van der Waals surface area contributed by atoms with Crippen LogP contribution in [-0.4, -0.2) is 63.3 Å². The minimum Gasteiger partial charge on any atom is -1.00 e. The maximum atomic E-state index is 2.40. The van der Waals surface area contributed by atoms with Gasteiger partial charge in [0.1, 0.15) is 0 Å². The second-order valence-electron chi connectivity index (χ2n) is 6.45. The molecule has 1 atom stereocenters. The third kappa shape index (κ3) is 5.50. The molecule has 1 heterocycles. The van der Waals surface area contributed by atoms with Crippen molar-refractivity contribution in [3.05, 3.63) is 0 Å². The van der Waals surface area contributed by atoms with E-state index in [1.165, 1.54) is 43.3 Å². The predicted octanol–water partition coefficient (Wildman–Crippen LogP) is -1.28. The van der Waals surface area contributed by atoms with E-state index in [0.29, 0.717) is 0 Å². The van der Waals surface area contributed by atoms with Gasteiger partial charge in [-0.25, -0.2) is 0 Å². The van der Waals surface area contributed by atoms with E-state index in [9.17, 15) is 0 Å². The Morgan fingerprint density at radius 3 is 2.20 bits per heavy atom. The van der Waals surface area contributed by atoms with E-state index in [0.717, 1.165) is 10.5 Å². The third-order valence-corrected chi connectivity index (χ3v) is 3.64. The third-order valence-electron chi connectivity index (χ3n) is 3.64. The molecule has 0 bridgehead atoms. The first-order valence-electron chi connectivity index (χ1n) is 5.94. The largest absolute Gasteiger partial charge is 1.00 e. The fraction of sp³-hybridized carbons (Fsp3) is 1.00. The lowest BCUT2D eigenvalue weighted by Crippen LogP contribution is -3.00. The lowest BCUT2D eigenvalue weighted by atomic mass is 9.97. The zero-order chi connectivity index (χ0) is 10.8. The number of hydrogen-bond acceptors (Lipinski definition) is 0. The molecule has 92 valence electrons. The quantitative estimate of drug-likeness (QED) is 0.447. The zero-order valence-electron chi connectivity index (χ0n) is 11.1. The van der Waals surface area contributed by atoms with Crippen molar-refractivity contribution in [2.45, 2.75) is 31.7 Å². The minimum atomic E-state index is 0. The van der Waals surface area contributed by atoms with E-state index in [1.807, 2.05) is 0 Å². The van der Waals surface area contributed by atoms with Gasteiger partial charge in [-0.15, -0.1) is 0 Å². The highest BCUT2D eigenvalue weighted by Gasteiger charge is 2.32. The molecule has 0 saturated carbocycles. The molecule has 1 aliphatic rings. The van der Waals surface area contributed by atoms with Crippen LogP contribution in [0.2, 0.25) is 0 Å². The normalized spacial score (nSPS) is 25.8. The van der Waals surface area contributed by atoms with Crippen molar-refractivity contribution in [1.82, 2.24) is 0 Å². The Morgan fingerprint density at radius 1 is 1.13 bits per heavy atom. The molecule has 1 aliphatic heterocycles. The van der Waals surface area contributed by atoms with E-state index in [-0.39, 0.29) is 24.0 Å². The molecule has 2 nitrogen and oxygen atoms in total. The molecule has 0 spiro atoms. The maximum absolute atomic E-state index is 2.40. The standard InChI is InChI=1S/C12H28N2.HI/c1-13(2,3)11-9-12-8-6-7-10-14(12,4)5;/h12H,6-11H2,1-5H3;1H/q+2;/p-1. The van der Waals surface area contributed by atoms with Crippen LogP contribution in [0.4, 0.5) is 0 Å². The average molecular weight is 327 g/mol. The highest BCUT2D eigenvalue weighted by atomic mass is 127. The van der Waals surface area contributed by atoms with Gasteiger partial charge >= 0.3 is 0 Å². The van der Waals surface area contributed by atoms with Crippen molar-refractivity contribution < 1.29 is 32.9 Å². The summed E-state index contributed by atoms with van der Waals surface area (Å²) in [5, 5.41) is 0. The Hall–Kier alpha value is 0.650. The lowest BCUT2D eigenvalue weighted by Gasteiger charge is -2.42. The van der Waals surface area contributed by atoms with Crippen molar-refractivity contribution in [2.75, 3.05) is 48.3 Å². The van der Waals surface area contributed by atoms with E-state index in [1.54, 1.807) is 0 Å². The predicted molar refractivity (Wildman–Crippen MR) is 62.1 cm³/mol. The number of piperidine rings is 1. The molecule has 0 aromatic carbocycles. The fourth-order valence-electron chi connectivity index (χ4n) is 2.46. The summed E-state index contributed by atoms with van der Waals surface area (Å²) in [5.41, 5.74) is 0. The van der Waals surface area contributed by atoms with E-state index >= 15 is 0 Å². The molecule has 3 heteroatoms. The van der Waals surface area contributed by atoms with Gasteiger partial charge in [0.2, 0.25) is 0 Å². The average Bonchev–Trinajstić information content (AvgIpc) is 2.00. The lowest BCUT2D eigenvalue weighted by molar-refractivity contribution is -0.927. The summed E-state index contributed by atoms with van der Waals surface area (Å²) in [6, 6.07) is 0.904. The minimum absolute atomic E-state index is 0. The molecule has 1 fully saturated rings. The Kier molecular flexibility index (Phi) is 6.08. The van der Waals surface area contributed by atoms with Crippen LogP contribution in [0, 0.1) is 0 Å². The van der Waals surface area contributed by atoms with Crippen molar-refractivity contribution in [2.24, 2.45) is 0 Å². The van der Waals surface area contributed by atoms with Crippen LogP contribution < -0.4 is 24.0 Å². The molecule has 0 aromatic heterocycles. The van der Waals surface area contributed by atoms with Crippen molar-refractivity contribution in [1.29, 1.82) is 0 Å². The van der Waals surface area contributed by atoms with Crippen LogP contribution >= 0.6 is 0 Å². The van der Waals surface area contributed by atoms with Gasteiger partial charge in [0.15, 0.2) is 0 Å². The second kappa shape index (κ2) is 5.82. The summed E-state index contributed by atoms with van der Waals surface area (Å²) in [5.74, 6) is 0. The molecule has 1 rings (SSSR count). The number of nitrogens with zero attached hydrogens (tertiary/aromatic N) is 2. The Balaban J connectivity index is 0.00000196. The Bertz CT molecular complexity index is 185. The molecular formula is C12H28IN2+. The molecule has 0 amide bonds. The van der Waals surface area contributed by atoms with Crippen LogP contribution in [0.1, 0.15) is 25.7 Å². The number of hydrogen-bond donors (Lipinski definition) is 0. The summed E-state index contributed by atoms with van der Waals surface area (Å²) >= 11 is 0. The zero-order valence-corrected chi connectivity index (χ0v) is 13.2. The van der Waals surface area contributed by atoms with Crippen LogP contribution in [0.25, 0.3) is 0 Å². The first kappa shape index (κ1) is 15.7. The summed E-state index contributed by atoms with van der Waals surface area (Å²) in [6.45, 7) is 2.69. The van der Waals surface area contributed by atoms with Crippen molar-refractivity contribution in [3.63, 3.8) is 0 Å². The first-order chi connectivity index (χ1) is 6.31. The monoisotopic (exact) mass is 327 g/mol. The Morgan fingerprint density at radius 2 is 1.73 bits per heavy atom. The topological polar surface area (TPSA) is 0 Å². The van der Waals surface area contributed by atoms with Gasteiger partial charge in [0.25, 0.3) is 0 Å². The fourth-order valence-corrected chi connectivity index (χ4v) is 2.46. The SMILES string of the molecule is C[N+](C)(C)CCC1CCCC[N+]1(C)C.[I-]. The van der Waals surface area contributed by atoms with Gasteiger partial charge in [-0.05, 0) is 19.3 Å². The maximum Gasteiger partial charge on any atom is 0.0940 e. The summed E-state index contributed by atoms with van der Waals surface area (Å²) in [4.78, 5) is 0. The van der Waals surface area contributed by atoms with Gasteiger partial charge in [0.05, 0.1) is 54.4 Å². The second-order valence-corrected chi connectivity index (χ2v) is 6.45. The van der Waals surface area contributed by atoms with Crippen molar-refractivity contribution in [3.8, 4) is 0 Å². The van der Waals surface area contributed by atoms with E-state index in [4.69, 9.17) is 0 Å². The highest BCUT2D eigenvalue weighted by Crippen LogP contribution is 2.24. The Labute approximate surface area is 113 Å². The van der Waals surface area contributed by atoms with Crippen LogP contribution in [-0.2, 0) is 0 Å². The van der Waals surface area contributed by atoms with Gasteiger partial charge < -0.3 is 32.9 Å². The van der Waals surface area contributed by atoms with Crippen LogP contribution in [0.5, 0.6) is 0 Å². The van der Waals surface area contributed by atoms with E-state index < -0.39 is 0 Å². The molecule has 0 N–H and O–H groups in total. The summed E-state index contributed by atoms with van der Waals surface area (Å²) < 4.78 is 2.36. The number of likely N-dealkylation sites (tertiary alicyclic amines) is 1. The summed E-state index contributed by atoms with van der Waals surface area (Å²) in [7, 11) is 11.7. The van der Waals surface area contributed by atoms with Gasteiger partial charge in [0, 0.05) is 6.42 Å². The van der Waals surface area contributed by atoms with Crippen molar-refractivity contribution >= 4 is 0 Å². The molecule has 1 unspecified atom stereocenters. The highest BCUT2D eigenvalue weighted by molar-refractivity contribution is 4.64. The van der Waals surface area contributed by atoms with Gasteiger partial charge in [-0.1, -0.05) is 0 Å². The molecule has 15 heavy (non-hydrogen) atoms. The number of halogens is 1. The molecule has 0 aromatic rings. The number of quaternary nitrogens is 2. The molecule has 1 saturated heterocycles. The van der Waals surface area contributed by atoms with Gasteiger partial charge in [-0.2, -0.15) is 0 Å². The van der Waals surface area contributed by atoms with E-state index in [2.05, 4.69) is 35.2 Å². The molecule has 0 aliphatic carbocycles. The van der Waals surface area contributed by atoms with Crippen LogP contribution in [0.15, 0.2) is 0 Å². The first-order valence-corrected chi connectivity index (χ1v) is 5.94. The summed E-state index contributed by atoms with van der Waals surface area (Å²) in [6.07, 6.45) is 5.70. The number of rotatable bonds is 3. The molecular weight excluding hydrogens is 299 g/mol. The van der Waals surface area contributed by atoms with Crippen LogP contribution in [0.3, 0.4) is 0 Å². The smallest absolute Gasteiger partial charge is 0.0940 e. The molecule has 0 radical (unpaired) electrons.